The molecule has 270 valence electrons. The Morgan fingerprint density at radius 1 is 0.310 bits per heavy atom. The SMILES string of the molecule is c1ccc(-n2c3ccccc3c3cc(-c4ccc5c(c4)-c4cc6c7ccccc7n(-c7ccccc7)c6cc4C54c5ccccc5Oc5ccccc54)ccc32)cc1. The highest BCUT2D eigenvalue weighted by Crippen LogP contribution is 2.63. The minimum atomic E-state index is -0.589. The van der Waals surface area contributed by atoms with Gasteiger partial charge in [0.15, 0.2) is 0 Å². The number of benzene rings is 9. The van der Waals surface area contributed by atoms with Gasteiger partial charge in [0.2, 0.25) is 0 Å². The van der Waals surface area contributed by atoms with Gasteiger partial charge in [-0.3, -0.25) is 0 Å². The Balaban J connectivity index is 1.12. The molecule has 3 nitrogen and oxygen atoms in total. The molecule has 0 saturated heterocycles. The Morgan fingerprint density at radius 3 is 1.45 bits per heavy atom. The van der Waals surface area contributed by atoms with Crippen molar-refractivity contribution >= 4 is 43.6 Å². The average Bonchev–Trinajstić information content (AvgIpc) is 3.90. The molecule has 0 bridgehead atoms. The van der Waals surface area contributed by atoms with E-state index in [0.717, 1.165) is 22.9 Å². The summed E-state index contributed by atoms with van der Waals surface area (Å²) >= 11 is 0. The van der Waals surface area contributed by atoms with Crippen molar-refractivity contribution in [3.05, 3.63) is 229 Å². The van der Waals surface area contributed by atoms with Crippen LogP contribution in [0, 0.1) is 0 Å². The molecule has 0 N–H and O–H groups in total. The molecule has 3 heteroatoms. The fourth-order valence-corrected chi connectivity index (χ4v) is 10.4. The van der Waals surface area contributed by atoms with Crippen LogP contribution in [0.1, 0.15) is 22.3 Å². The van der Waals surface area contributed by atoms with Crippen LogP contribution < -0.4 is 4.74 Å². The monoisotopic (exact) mass is 738 g/mol. The minimum absolute atomic E-state index is 0.589. The maximum atomic E-state index is 6.72. The first kappa shape index (κ1) is 31.6. The van der Waals surface area contributed by atoms with E-state index in [0.29, 0.717) is 0 Å². The Bertz CT molecular complexity index is 3440. The molecule has 1 aliphatic carbocycles. The molecule has 2 aliphatic rings. The standard InChI is InChI=1S/C55H34N2O/c1-3-15-37(16-4-1)56-49-23-11-7-19-39(49)43-32-36(28-30-51(43)56)35-27-29-45-41(31-35)42-33-44-40-20-8-12-24-50(40)57(38-17-5-2-6-18-38)52(44)34-48(42)55(45)46-21-9-13-25-53(46)58-54-26-14-10-22-47(54)55/h1-34H. The maximum absolute atomic E-state index is 6.72. The predicted octanol–water partition coefficient (Wildman–Crippen LogP) is 14.0. The number of para-hydroxylation sites is 6. The van der Waals surface area contributed by atoms with Gasteiger partial charge in [0.05, 0.1) is 27.5 Å². The second kappa shape index (κ2) is 11.7. The summed E-state index contributed by atoms with van der Waals surface area (Å²) in [5.74, 6) is 1.79. The quantitative estimate of drug-likeness (QED) is 0.177. The summed E-state index contributed by atoms with van der Waals surface area (Å²) in [5, 5.41) is 4.99. The van der Waals surface area contributed by atoms with Crippen molar-refractivity contribution in [3.63, 3.8) is 0 Å². The van der Waals surface area contributed by atoms with E-state index in [4.69, 9.17) is 4.74 Å². The Labute approximate surface area is 335 Å². The molecular formula is C55H34N2O. The van der Waals surface area contributed by atoms with Crippen molar-refractivity contribution in [2.45, 2.75) is 5.41 Å². The van der Waals surface area contributed by atoms with E-state index < -0.39 is 5.41 Å². The van der Waals surface area contributed by atoms with Crippen molar-refractivity contribution in [1.82, 2.24) is 9.13 Å². The third-order valence-corrected chi connectivity index (χ3v) is 12.8. The number of ether oxygens (including phenoxy) is 1. The summed E-state index contributed by atoms with van der Waals surface area (Å²) < 4.78 is 11.5. The third kappa shape index (κ3) is 4.12. The van der Waals surface area contributed by atoms with Gasteiger partial charge in [-0.05, 0) is 112 Å². The molecule has 0 radical (unpaired) electrons. The van der Waals surface area contributed by atoms with E-state index in [1.165, 1.54) is 88.1 Å². The minimum Gasteiger partial charge on any atom is -0.457 e. The lowest BCUT2D eigenvalue weighted by Gasteiger charge is -2.39. The summed E-state index contributed by atoms with van der Waals surface area (Å²) in [4.78, 5) is 0. The van der Waals surface area contributed by atoms with Crippen molar-refractivity contribution in [2.24, 2.45) is 0 Å². The fourth-order valence-electron chi connectivity index (χ4n) is 10.4. The summed E-state index contributed by atoms with van der Waals surface area (Å²) in [6.45, 7) is 0. The molecule has 0 saturated carbocycles. The van der Waals surface area contributed by atoms with E-state index in [1.54, 1.807) is 0 Å². The fraction of sp³-hybridized carbons (Fsp3) is 0.0182. The van der Waals surface area contributed by atoms with Gasteiger partial charge in [0, 0.05) is 44.0 Å². The maximum Gasteiger partial charge on any atom is 0.132 e. The molecule has 0 unspecified atom stereocenters. The van der Waals surface area contributed by atoms with Gasteiger partial charge in [-0.2, -0.15) is 0 Å². The van der Waals surface area contributed by atoms with Gasteiger partial charge in [-0.15, -0.1) is 0 Å². The number of nitrogens with zero attached hydrogens (tertiary/aromatic N) is 2. The first-order valence-electron chi connectivity index (χ1n) is 20.0. The lowest BCUT2D eigenvalue weighted by molar-refractivity contribution is 0.436. The number of rotatable bonds is 3. The number of aromatic nitrogens is 2. The van der Waals surface area contributed by atoms with Crippen LogP contribution >= 0.6 is 0 Å². The topological polar surface area (TPSA) is 19.1 Å². The molecule has 0 amide bonds. The molecule has 2 aromatic heterocycles. The van der Waals surface area contributed by atoms with Gasteiger partial charge in [-0.1, -0.05) is 127 Å². The second-order valence-corrected chi connectivity index (χ2v) is 15.6. The Kier molecular flexibility index (Phi) is 6.37. The number of hydrogen-bond donors (Lipinski definition) is 0. The third-order valence-electron chi connectivity index (χ3n) is 12.8. The summed E-state index contributed by atoms with van der Waals surface area (Å²) in [5.41, 5.74) is 16.3. The van der Waals surface area contributed by atoms with E-state index >= 15 is 0 Å². The smallest absolute Gasteiger partial charge is 0.132 e. The van der Waals surface area contributed by atoms with Crippen LogP contribution in [0.25, 0.3) is 77.2 Å². The average molecular weight is 739 g/mol. The highest BCUT2D eigenvalue weighted by Gasteiger charge is 2.51. The summed E-state index contributed by atoms with van der Waals surface area (Å²) in [6, 6.07) is 75.4. The molecule has 1 spiro atoms. The molecule has 1 aliphatic heterocycles. The molecule has 0 fully saturated rings. The number of hydrogen-bond acceptors (Lipinski definition) is 1. The van der Waals surface area contributed by atoms with Gasteiger partial charge in [-0.25, -0.2) is 0 Å². The van der Waals surface area contributed by atoms with Crippen LogP contribution in [0.2, 0.25) is 0 Å². The van der Waals surface area contributed by atoms with E-state index in [9.17, 15) is 0 Å². The zero-order valence-electron chi connectivity index (χ0n) is 31.4. The normalized spacial score (nSPS) is 13.4. The van der Waals surface area contributed by atoms with E-state index in [-0.39, 0.29) is 0 Å². The molecule has 58 heavy (non-hydrogen) atoms. The van der Waals surface area contributed by atoms with Crippen LogP contribution in [0.15, 0.2) is 206 Å². The lowest BCUT2D eigenvalue weighted by atomic mass is 9.66. The second-order valence-electron chi connectivity index (χ2n) is 15.6. The van der Waals surface area contributed by atoms with Gasteiger partial charge in [0.1, 0.15) is 11.5 Å². The summed E-state index contributed by atoms with van der Waals surface area (Å²) in [6.07, 6.45) is 0. The van der Waals surface area contributed by atoms with Crippen LogP contribution in [0.4, 0.5) is 0 Å². The predicted molar refractivity (Wildman–Crippen MR) is 238 cm³/mol. The van der Waals surface area contributed by atoms with Gasteiger partial charge in [0.25, 0.3) is 0 Å². The highest BCUT2D eigenvalue weighted by molar-refractivity contribution is 6.13. The van der Waals surface area contributed by atoms with E-state index in [1.807, 2.05) is 0 Å². The van der Waals surface area contributed by atoms with Crippen LogP contribution in [-0.2, 0) is 5.41 Å². The first-order valence-corrected chi connectivity index (χ1v) is 20.0. The largest absolute Gasteiger partial charge is 0.457 e. The van der Waals surface area contributed by atoms with Crippen molar-refractivity contribution in [1.29, 1.82) is 0 Å². The molecule has 3 heterocycles. The van der Waals surface area contributed by atoms with Crippen LogP contribution in [-0.4, -0.2) is 9.13 Å². The molecule has 9 aromatic carbocycles. The Hall–Kier alpha value is -7.62. The Morgan fingerprint density at radius 2 is 0.793 bits per heavy atom. The van der Waals surface area contributed by atoms with Crippen LogP contribution in [0.3, 0.4) is 0 Å². The zero-order valence-corrected chi connectivity index (χ0v) is 31.4. The molecule has 11 aromatic rings. The number of fused-ring (bicyclic) bond motifs is 15. The lowest BCUT2D eigenvalue weighted by Crippen LogP contribution is -2.32. The first-order chi connectivity index (χ1) is 28.8. The molecular weight excluding hydrogens is 705 g/mol. The van der Waals surface area contributed by atoms with Crippen molar-refractivity contribution < 1.29 is 4.74 Å². The van der Waals surface area contributed by atoms with Crippen LogP contribution in [0.5, 0.6) is 11.5 Å². The van der Waals surface area contributed by atoms with Crippen molar-refractivity contribution in [3.8, 4) is 45.1 Å². The summed E-state index contributed by atoms with van der Waals surface area (Å²) in [7, 11) is 0. The van der Waals surface area contributed by atoms with Gasteiger partial charge < -0.3 is 13.9 Å². The highest BCUT2D eigenvalue weighted by atomic mass is 16.5. The van der Waals surface area contributed by atoms with E-state index in [2.05, 4.69) is 215 Å². The van der Waals surface area contributed by atoms with Gasteiger partial charge >= 0.3 is 0 Å². The van der Waals surface area contributed by atoms with Crippen molar-refractivity contribution in [2.75, 3.05) is 0 Å². The molecule has 13 rings (SSSR count). The zero-order chi connectivity index (χ0) is 38.0. The molecule has 0 atom stereocenters.